The van der Waals surface area contributed by atoms with E-state index >= 15 is 0 Å². The summed E-state index contributed by atoms with van der Waals surface area (Å²) in [7, 11) is 0. The van der Waals surface area contributed by atoms with Crippen molar-refractivity contribution in [1.29, 1.82) is 0 Å². The molecule has 0 spiro atoms. The highest BCUT2D eigenvalue weighted by Crippen LogP contribution is 2.21. The lowest BCUT2D eigenvalue weighted by Crippen LogP contribution is -2.53. The van der Waals surface area contributed by atoms with E-state index in [2.05, 4.69) is 15.6 Å². The molecule has 2 fully saturated rings. The van der Waals surface area contributed by atoms with Gasteiger partial charge in [-0.1, -0.05) is 17.3 Å². The Morgan fingerprint density at radius 2 is 2.17 bits per heavy atom. The number of aromatic nitrogens is 3. The van der Waals surface area contributed by atoms with Crippen molar-refractivity contribution in [1.82, 2.24) is 25.2 Å². The van der Waals surface area contributed by atoms with Crippen LogP contribution >= 0.6 is 0 Å². The number of benzene rings is 1. The van der Waals surface area contributed by atoms with Crippen molar-refractivity contribution in [2.24, 2.45) is 0 Å². The van der Waals surface area contributed by atoms with Crippen LogP contribution in [0.3, 0.4) is 0 Å². The topological polar surface area (TPSA) is 92.5 Å². The molecule has 2 saturated heterocycles. The Morgan fingerprint density at radius 1 is 1.38 bits per heavy atom. The van der Waals surface area contributed by atoms with E-state index in [0.29, 0.717) is 17.8 Å². The van der Waals surface area contributed by atoms with Crippen LogP contribution in [-0.4, -0.2) is 74.9 Å². The Kier molecular flexibility index (Phi) is 5.89. The third-order valence-electron chi connectivity index (χ3n) is 5.69. The third-order valence-corrected chi connectivity index (χ3v) is 5.69. The highest BCUT2D eigenvalue weighted by Gasteiger charge is 2.38. The molecule has 1 aromatic carbocycles. The molecule has 29 heavy (non-hydrogen) atoms. The second-order valence-corrected chi connectivity index (χ2v) is 7.75. The molecule has 2 aliphatic rings. The minimum atomic E-state index is -0.600. The molecule has 2 N–H and O–H groups in total. The Balaban J connectivity index is 1.38. The van der Waals surface area contributed by atoms with Gasteiger partial charge in [-0.25, -0.2) is 9.07 Å². The Morgan fingerprint density at radius 3 is 2.90 bits per heavy atom. The number of piperidine rings is 1. The molecule has 9 heteroatoms. The third kappa shape index (κ3) is 4.63. The molecule has 3 atom stereocenters. The Labute approximate surface area is 168 Å². The number of likely N-dealkylation sites (tertiary alicyclic amines) is 1. The van der Waals surface area contributed by atoms with Crippen molar-refractivity contribution in [2.45, 2.75) is 50.6 Å². The van der Waals surface area contributed by atoms with E-state index in [9.17, 15) is 14.3 Å². The quantitative estimate of drug-likeness (QED) is 0.768. The van der Waals surface area contributed by atoms with Gasteiger partial charge in [0.15, 0.2) is 0 Å². The van der Waals surface area contributed by atoms with Crippen molar-refractivity contribution in [2.75, 3.05) is 19.7 Å². The Hall–Kier alpha value is -2.36. The molecule has 156 valence electrons. The number of aliphatic hydroxyl groups excluding tert-OH is 1. The number of hydrogen-bond acceptors (Lipinski definition) is 6. The lowest BCUT2D eigenvalue weighted by atomic mass is 10.0. The normalized spacial score (nSPS) is 25.5. The van der Waals surface area contributed by atoms with Gasteiger partial charge in [-0.15, -0.1) is 5.10 Å². The van der Waals surface area contributed by atoms with Crippen LogP contribution in [0.2, 0.25) is 0 Å². The molecule has 3 heterocycles. The summed E-state index contributed by atoms with van der Waals surface area (Å²) < 4.78 is 20.9. The number of nitrogens with one attached hydrogen (secondary N) is 1. The number of halogens is 1. The summed E-state index contributed by atoms with van der Waals surface area (Å²) in [5, 5.41) is 22.2. The maximum atomic E-state index is 13.4. The van der Waals surface area contributed by atoms with Gasteiger partial charge in [0.1, 0.15) is 11.5 Å². The molecule has 0 bridgehead atoms. The maximum Gasteiger partial charge on any atom is 0.219 e. The SMILES string of the molecule is CC(=O)N1CCC(N[C@@H]2[C@@H](O)CO[C@@H]2Cn2cc(-c3cccc(F)c3)nn2)CC1. The summed E-state index contributed by atoms with van der Waals surface area (Å²) in [6, 6.07) is 6.24. The number of amides is 1. The van der Waals surface area contributed by atoms with Crippen molar-refractivity contribution in [3.05, 3.63) is 36.3 Å². The lowest BCUT2D eigenvalue weighted by Gasteiger charge is -2.34. The number of ether oxygens (including phenoxy) is 1. The van der Waals surface area contributed by atoms with Crippen molar-refractivity contribution in [3.8, 4) is 11.3 Å². The molecule has 0 unspecified atom stereocenters. The van der Waals surface area contributed by atoms with E-state index in [1.54, 1.807) is 29.9 Å². The standard InChI is InChI=1S/C20H26FN5O3/c1-13(27)25-7-5-16(6-8-25)22-20-18(28)12-29-19(20)11-26-10-17(23-24-26)14-3-2-4-15(21)9-14/h2-4,9-10,16,18-20,22,28H,5-8,11-12H2,1H3/t18-,19+,20+/m0/s1. The molecular weight excluding hydrogens is 377 g/mol. The first-order valence-electron chi connectivity index (χ1n) is 9.97. The van der Waals surface area contributed by atoms with E-state index in [0.717, 1.165) is 25.9 Å². The second-order valence-electron chi connectivity index (χ2n) is 7.75. The number of hydrogen-bond donors (Lipinski definition) is 2. The molecule has 1 aromatic heterocycles. The van der Waals surface area contributed by atoms with Gasteiger partial charge in [0.05, 0.1) is 37.6 Å². The van der Waals surface area contributed by atoms with Crippen LogP contribution in [-0.2, 0) is 16.1 Å². The molecule has 2 aromatic rings. The molecule has 4 rings (SSSR count). The van der Waals surface area contributed by atoms with Crippen LogP contribution in [0.1, 0.15) is 19.8 Å². The summed E-state index contributed by atoms with van der Waals surface area (Å²) in [4.78, 5) is 13.3. The first kappa shape index (κ1) is 19.9. The average Bonchev–Trinajstić information content (AvgIpc) is 3.31. The minimum Gasteiger partial charge on any atom is -0.389 e. The van der Waals surface area contributed by atoms with E-state index in [4.69, 9.17) is 4.74 Å². The van der Waals surface area contributed by atoms with Crippen LogP contribution in [0.15, 0.2) is 30.5 Å². The van der Waals surface area contributed by atoms with E-state index in [-0.39, 0.29) is 36.5 Å². The largest absolute Gasteiger partial charge is 0.389 e. The zero-order valence-corrected chi connectivity index (χ0v) is 16.4. The molecule has 0 aliphatic carbocycles. The predicted octanol–water partition coefficient (Wildman–Crippen LogP) is 0.813. The van der Waals surface area contributed by atoms with Crippen molar-refractivity contribution >= 4 is 5.91 Å². The second kappa shape index (κ2) is 8.56. The number of nitrogens with zero attached hydrogens (tertiary/aromatic N) is 4. The fourth-order valence-corrected chi connectivity index (χ4v) is 4.05. The zero-order chi connectivity index (χ0) is 20.4. The molecule has 2 aliphatic heterocycles. The molecule has 0 saturated carbocycles. The summed E-state index contributed by atoms with van der Waals surface area (Å²) >= 11 is 0. The smallest absolute Gasteiger partial charge is 0.219 e. The average molecular weight is 403 g/mol. The fourth-order valence-electron chi connectivity index (χ4n) is 4.05. The van der Waals surface area contributed by atoms with Gasteiger partial charge in [0.2, 0.25) is 5.91 Å². The summed E-state index contributed by atoms with van der Waals surface area (Å²) in [5.41, 5.74) is 1.25. The van der Waals surface area contributed by atoms with Crippen LogP contribution in [0, 0.1) is 5.82 Å². The Bertz CT molecular complexity index is 852. The highest BCUT2D eigenvalue weighted by atomic mass is 19.1. The van der Waals surface area contributed by atoms with Gasteiger partial charge < -0.3 is 20.1 Å². The minimum absolute atomic E-state index is 0.103. The van der Waals surface area contributed by atoms with Gasteiger partial charge in [0, 0.05) is 31.6 Å². The molecule has 0 radical (unpaired) electrons. The summed E-state index contributed by atoms with van der Waals surface area (Å²) in [6.45, 7) is 3.74. The molecule has 8 nitrogen and oxygen atoms in total. The highest BCUT2D eigenvalue weighted by molar-refractivity contribution is 5.73. The van der Waals surface area contributed by atoms with Gasteiger partial charge in [-0.2, -0.15) is 0 Å². The summed E-state index contributed by atoms with van der Waals surface area (Å²) in [5.74, 6) is -0.217. The molecular formula is C20H26FN5O3. The summed E-state index contributed by atoms with van der Waals surface area (Å²) in [6.07, 6.45) is 2.60. The number of carbonyl (C=O) groups is 1. The fraction of sp³-hybridized carbons (Fsp3) is 0.550. The van der Waals surface area contributed by atoms with Crippen LogP contribution in [0.5, 0.6) is 0 Å². The van der Waals surface area contributed by atoms with E-state index in [1.165, 1.54) is 12.1 Å². The van der Waals surface area contributed by atoms with Gasteiger partial charge in [0.25, 0.3) is 0 Å². The van der Waals surface area contributed by atoms with E-state index < -0.39 is 6.10 Å². The monoisotopic (exact) mass is 403 g/mol. The lowest BCUT2D eigenvalue weighted by molar-refractivity contribution is -0.130. The first-order chi connectivity index (χ1) is 14.0. The van der Waals surface area contributed by atoms with Crippen molar-refractivity contribution < 1.29 is 19.0 Å². The van der Waals surface area contributed by atoms with Crippen molar-refractivity contribution in [3.63, 3.8) is 0 Å². The number of carbonyl (C=O) groups excluding carboxylic acids is 1. The van der Waals surface area contributed by atoms with Crippen LogP contribution in [0.4, 0.5) is 4.39 Å². The molecule has 1 amide bonds. The van der Waals surface area contributed by atoms with Gasteiger partial charge >= 0.3 is 0 Å². The van der Waals surface area contributed by atoms with Crippen LogP contribution in [0.25, 0.3) is 11.3 Å². The zero-order valence-electron chi connectivity index (χ0n) is 16.4. The predicted molar refractivity (Wildman–Crippen MR) is 103 cm³/mol. The van der Waals surface area contributed by atoms with Gasteiger partial charge in [-0.3, -0.25) is 4.79 Å². The maximum absolute atomic E-state index is 13.4. The van der Waals surface area contributed by atoms with E-state index in [1.807, 2.05) is 4.90 Å². The number of rotatable bonds is 5. The first-order valence-corrected chi connectivity index (χ1v) is 9.97. The van der Waals surface area contributed by atoms with Crippen LogP contribution < -0.4 is 5.32 Å². The van der Waals surface area contributed by atoms with Gasteiger partial charge in [-0.05, 0) is 25.0 Å². The number of aliphatic hydroxyl groups is 1.